The minimum Gasteiger partial charge on any atom is -0.497 e. The predicted molar refractivity (Wildman–Crippen MR) is 110 cm³/mol. The third kappa shape index (κ3) is 5.19. The summed E-state index contributed by atoms with van der Waals surface area (Å²) < 4.78 is 5.16. The maximum atomic E-state index is 12.6. The summed E-state index contributed by atoms with van der Waals surface area (Å²) in [4.78, 5) is 26.2. The van der Waals surface area contributed by atoms with Crippen molar-refractivity contribution >= 4 is 11.9 Å². The SMILES string of the molecule is CCN1CCN(c2nc(C)cc(C(=O)NCCc3ccc(OC)cc3)n2)CC1. The lowest BCUT2D eigenvalue weighted by molar-refractivity contribution is 0.0949. The number of amides is 1. The van der Waals surface area contributed by atoms with Gasteiger partial charge < -0.3 is 19.9 Å². The maximum Gasteiger partial charge on any atom is 0.270 e. The quantitative estimate of drug-likeness (QED) is 0.788. The maximum absolute atomic E-state index is 12.6. The van der Waals surface area contributed by atoms with E-state index in [9.17, 15) is 4.79 Å². The molecular weight excluding hydrogens is 354 g/mol. The molecule has 0 spiro atoms. The molecule has 3 rings (SSSR count). The van der Waals surface area contributed by atoms with Gasteiger partial charge in [-0.1, -0.05) is 19.1 Å². The van der Waals surface area contributed by atoms with Gasteiger partial charge in [-0.2, -0.15) is 0 Å². The second-order valence-electron chi connectivity index (χ2n) is 6.97. The fourth-order valence-corrected chi connectivity index (χ4v) is 3.28. The van der Waals surface area contributed by atoms with E-state index in [2.05, 4.69) is 32.0 Å². The van der Waals surface area contributed by atoms with E-state index in [1.807, 2.05) is 31.2 Å². The number of anilines is 1. The topological polar surface area (TPSA) is 70.6 Å². The van der Waals surface area contributed by atoms with Gasteiger partial charge in [-0.15, -0.1) is 0 Å². The Bertz CT molecular complexity index is 786. The molecule has 1 N–H and O–H groups in total. The molecule has 1 saturated heterocycles. The minimum atomic E-state index is -0.160. The lowest BCUT2D eigenvalue weighted by Crippen LogP contribution is -2.47. The summed E-state index contributed by atoms with van der Waals surface area (Å²) in [5.41, 5.74) is 2.38. The first kappa shape index (κ1) is 20.1. The summed E-state index contributed by atoms with van der Waals surface area (Å²) in [6, 6.07) is 9.61. The highest BCUT2D eigenvalue weighted by molar-refractivity contribution is 5.92. The van der Waals surface area contributed by atoms with Crippen molar-refractivity contribution in [2.24, 2.45) is 0 Å². The van der Waals surface area contributed by atoms with Gasteiger partial charge in [0.1, 0.15) is 11.4 Å². The Balaban J connectivity index is 1.57. The number of carbonyl (C=O) groups excluding carboxylic acids is 1. The van der Waals surface area contributed by atoms with Crippen LogP contribution in [-0.4, -0.2) is 67.2 Å². The van der Waals surface area contributed by atoms with E-state index in [1.54, 1.807) is 13.2 Å². The van der Waals surface area contributed by atoms with Crippen LogP contribution >= 0.6 is 0 Å². The molecule has 0 bridgehead atoms. The van der Waals surface area contributed by atoms with Crippen LogP contribution in [0.2, 0.25) is 0 Å². The van der Waals surface area contributed by atoms with E-state index < -0.39 is 0 Å². The van der Waals surface area contributed by atoms with Crippen molar-refractivity contribution in [3.05, 3.63) is 47.3 Å². The molecule has 0 saturated carbocycles. The highest BCUT2D eigenvalue weighted by Crippen LogP contribution is 2.14. The van der Waals surface area contributed by atoms with Crippen molar-refractivity contribution in [2.45, 2.75) is 20.3 Å². The number of aromatic nitrogens is 2. The Labute approximate surface area is 166 Å². The molecule has 0 aliphatic carbocycles. The molecule has 7 heteroatoms. The van der Waals surface area contributed by atoms with Crippen molar-refractivity contribution in [1.82, 2.24) is 20.2 Å². The van der Waals surface area contributed by atoms with Crippen LogP contribution in [0, 0.1) is 6.92 Å². The van der Waals surface area contributed by atoms with Gasteiger partial charge in [-0.3, -0.25) is 4.79 Å². The Kier molecular flexibility index (Phi) is 6.81. The monoisotopic (exact) mass is 383 g/mol. The fraction of sp³-hybridized carbons (Fsp3) is 0.476. The van der Waals surface area contributed by atoms with Crippen LogP contribution in [0.5, 0.6) is 5.75 Å². The molecule has 7 nitrogen and oxygen atoms in total. The van der Waals surface area contributed by atoms with Gasteiger partial charge in [0.2, 0.25) is 5.95 Å². The number of hydrogen-bond acceptors (Lipinski definition) is 6. The number of nitrogens with zero attached hydrogens (tertiary/aromatic N) is 4. The number of piperazine rings is 1. The standard InChI is InChI=1S/C21H29N5O2/c1-4-25-11-13-26(14-12-25)21-23-16(2)15-19(24-21)20(27)22-10-9-17-5-7-18(28-3)8-6-17/h5-8,15H,4,9-14H2,1-3H3,(H,22,27). The lowest BCUT2D eigenvalue weighted by Gasteiger charge is -2.34. The van der Waals surface area contributed by atoms with Gasteiger partial charge in [0.05, 0.1) is 7.11 Å². The first-order valence-electron chi connectivity index (χ1n) is 9.83. The summed E-state index contributed by atoms with van der Waals surface area (Å²) >= 11 is 0. The molecule has 1 aromatic heterocycles. The zero-order chi connectivity index (χ0) is 19.9. The zero-order valence-electron chi connectivity index (χ0n) is 16.9. The third-order valence-electron chi connectivity index (χ3n) is 5.04. The van der Waals surface area contributed by atoms with Crippen molar-refractivity contribution in [1.29, 1.82) is 0 Å². The average Bonchev–Trinajstić information content (AvgIpc) is 2.73. The van der Waals surface area contributed by atoms with Gasteiger partial charge >= 0.3 is 0 Å². The van der Waals surface area contributed by atoms with E-state index >= 15 is 0 Å². The number of aryl methyl sites for hydroxylation is 1. The molecule has 1 fully saturated rings. The highest BCUT2D eigenvalue weighted by atomic mass is 16.5. The number of benzene rings is 1. The van der Waals surface area contributed by atoms with Gasteiger partial charge in [-0.05, 0) is 43.7 Å². The van der Waals surface area contributed by atoms with E-state index in [0.717, 1.165) is 56.2 Å². The zero-order valence-corrected chi connectivity index (χ0v) is 16.9. The largest absolute Gasteiger partial charge is 0.497 e. The molecule has 0 atom stereocenters. The Morgan fingerprint density at radius 1 is 1.14 bits per heavy atom. The lowest BCUT2D eigenvalue weighted by atomic mass is 10.1. The predicted octanol–water partition coefficient (Wildman–Crippen LogP) is 1.91. The molecule has 1 aromatic carbocycles. The molecule has 1 aliphatic heterocycles. The number of hydrogen-bond donors (Lipinski definition) is 1. The number of methoxy groups -OCH3 is 1. The number of carbonyl (C=O) groups is 1. The van der Waals surface area contributed by atoms with Crippen LogP contribution in [0.25, 0.3) is 0 Å². The molecule has 0 radical (unpaired) electrons. The summed E-state index contributed by atoms with van der Waals surface area (Å²) in [5, 5.41) is 2.96. The van der Waals surface area contributed by atoms with E-state index in [1.165, 1.54) is 0 Å². The molecule has 150 valence electrons. The van der Waals surface area contributed by atoms with E-state index in [-0.39, 0.29) is 5.91 Å². The molecule has 28 heavy (non-hydrogen) atoms. The Hall–Kier alpha value is -2.67. The van der Waals surface area contributed by atoms with Crippen LogP contribution < -0.4 is 15.0 Å². The summed E-state index contributed by atoms with van der Waals surface area (Å²) in [5.74, 6) is 1.32. The normalized spacial score (nSPS) is 14.8. The van der Waals surface area contributed by atoms with Crippen LogP contribution in [0.4, 0.5) is 5.95 Å². The molecule has 1 amide bonds. The molecule has 2 aromatic rings. The third-order valence-corrected chi connectivity index (χ3v) is 5.04. The first-order chi connectivity index (χ1) is 13.6. The first-order valence-corrected chi connectivity index (χ1v) is 9.83. The second kappa shape index (κ2) is 9.50. The van der Waals surface area contributed by atoms with Crippen LogP contribution in [0.1, 0.15) is 28.7 Å². The molecule has 0 unspecified atom stereocenters. The Morgan fingerprint density at radius 3 is 2.50 bits per heavy atom. The van der Waals surface area contributed by atoms with Gasteiger partial charge in [0.25, 0.3) is 5.91 Å². The second-order valence-corrected chi connectivity index (χ2v) is 6.97. The van der Waals surface area contributed by atoms with Crippen LogP contribution in [0.15, 0.2) is 30.3 Å². The summed E-state index contributed by atoms with van der Waals surface area (Å²) in [6.07, 6.45) is 0.756. The number of rotatable bonds is 7. The van der Waals surface area contributed by atoms with Crippen LogP contribution in [0.3, 0.4) is 0 Å². The Morgan fingerprint density at radius 2 is 1.86 bits per heavy atom. The van der Waals surface area contributed by atoms with Gasteiger partial charge in [0, 0.05) is 38.4 Å². The van der Waals surface area contributed by atoms with Crippen molar-refractivity contribution in [3.63, 3.8) is 0 Å². The van der Waals surface area contributed by atoms with E-state index in [4.69, 9.17) is 4.74 Å². The smallest absolute Gasteiger partial charge is 0.270 e. The van der Waals surface area contributed by atoms with Crippen molar-refractivity contribution in [3.8, 4) is 5.75 Å². The minimum absolute atomic E-state index is 0.160. The highest BCUT2D eigenvalue weighted by Gasteiger charge is 2.19. The van der Waals surface area contributed by atoms with Gasteiger partial charge in [-0.25, -0.2) is 9.97 Å². The average molecular weight is 383 g/mol. The van der Waals surface area contributed by atoms with Crippen LogP contribution in [-0.2, 0) is 6.42 Å². The summed E-state index contributed by atoms with van der Waals surface area (Å²) in [7, 11) is 1.65. The number of likely N-dealkylation sites (N-methyl/N-ethyl adjacent to an activating group) is 1. The fourth-order valence-electron chi connectivity index (χ4n) is 3.28. The van der Waals surface area contributed by atoms with Crippen molar-refractivity contribution < 1.29 is 9.53 Å². The van der Waals surface area contributed by atoms with Gasteiger partial charge in [0.15, 0.2) is 0 Å². The number of ether oxygens (including phenoxy) is 1. The molecule has 1 aliphatic rings. The molecular formula is C21H29N5O2. The van der Waals surface area contributed by atoms with E-state index in [0.29, 0.717) is 18.2 Å². The molecule has 2 heterocycles. The van der Waals surface area contributed by atoms with Crippen molar-refractivity contribution in [2.75, 3.05) is 51.3 Å². The summed E-state index contributed by atoms with van der Waals surface area (Å²) in [6.45, 7) is 9.46. The number of nitrogens with one attached hydrogen (secondary N) is 1.